The molecule has 0 saturated heterocycles. The normalized spacial score (nSPS) is 11.4. The smallest absolute Gasteiger partial charge is 0.236 e. The first kappa shape index (κ1) is 13.3. The summed E-state index contributed by atoms with van der Waals surface area (Å²) in [6.07, 6.45) is 3.26. The molecule has 90 valence electrons. The van der Waals surface area contributed by atoms with Crippen LogP contribution in [0.25, 0.3) is 0 Å². The molecule has 1 amide bonds. The lowest BCUT2D eigenvalue weighted by Crippen LogP contribution is -2.38. The van der Waals surface area contributed by atoms with Crippen molar-refractivity contribution in [1.29, 1.82) is 0 Å². The standard InChI is InChI=1S/C12H15N3OS/c1-3-7-15-11(16)10(12(17)13-2)9-6-4-5-8-14-9/h3-6,8,10H,1,7H2,2H3,(H,13,17)(H,15,16). The Labute approximate surface area is 106 Å². The van der Waals surface area contributed by atoms with E-state index in [1.807, 2.05) is 6.07 Å². The first-order valence-corrected chi connectivity index (χ1v) is 5.62. The van der Waals surface area contributed by atoms with Gasteiger partial charge in [0.15, 0.2) is 0 Å². The third kappa shape index (κ3) is 3.64. The minimum atomic E-state index is -0.559. The lowest BCUT2D eigenvalue weighted by Gasteiger charge is -2.16. The highest BCUT2D eigenvalue weighted by molar-refractivity contribution is 7.80. The van der Waals surface area contributed by atoms with E-state index in [0.717, 1.165) is 0 Å². The van der Waals surface area contributed by atoms with Crippen LogP contribution in [-0.2, 0) is 4.79 Å². The molecule has 17 heavy (non-hydrogen) atoms. The molecule has 0 spiro atoms. The quantitative estimate of drug-likeness (QED) is 0.604. The number of thiocarbonyl (C=S) groups is 1. The molecule has 1 aromatic rings. The summed E-state index contributed by atoms with van der Waals surface area (Å²) < 4.78 is 0. The van der Waals surface area contributed by atoms with E-state index in [9.17, 15) is 4.79 Å². The van der Waals surface area contributed by atoms with Crippen LogP contribution in [0.2, 0.25) is 0 Å². The van der Waals surface area contributed by atoms with Crippen LogP contribution in [0.1, 0.15) is 11.6 Å². The molecule has 1 atom stereocenters. The van der Waals surface area contributed by atoms with Crippen LogP contribution in [-0.4, -0.2) is 29.5 Å². The van der Waals surface area contributed by atoms with E-state index in [-0.39, 0.29) is 5.91 Å². The minimum absolute atomic E-state index is 0.178. The first-order chi connectivity index (χ1) is 8.20. The van der Waals surface area contributed by atoms with Crippen LogP contribution in [0.3, 0.4) is 0 Å². The molecule has 1 heterocycles. The van der Waals surface area contributed by atoms with Gasteiger partial charge in [-0.25, -0.2) is 0 Å². The Morgan fingerprint density at radius 1 is 1.65 bits per heavy atom. The lowest BCUT2D eigenvalue weighted by atomic mass is 10.0. The zero-order valence-electron chi connectivity index (χ0n) is 9.64. The van der Waals surface area contributed by atoms with Gasteiger partial charge in [-0.3, -0.25) is 9.78 Å². The third-order valence-electron chi connectivity index (χ3n) is 2.17. The van der Waals surface area contributed by atoms with Gasteiger partial charge < -0.3 is 10.6 Å². The van der Waals surface area contributed by atoms with E-state index >= 15 is 0 Å². The minimum Gasteiger partial charge on any atom is -0.382 e. The van der Waals surface area contributed by atoms with Gasteiger partial charge in [0, 0.05) is 19.8 Å². The second kappa shape index (κ2) is 6.75. The van der Waals surface area contributed by atoms with E-state index in [0.29, 0.717) is 17.2 Å². The molecule has 0 fully saturated rings. The van der Waals surface area contributed by atoms with Gasteiger partial charge in [-0.15, -0.1) is 6.58 Å². The van der Waals surface area contributed by atoms with Gasteiger partial charge in [0.2, 0.25) is 5.91 Å². The van der Waals surface area contributed by atoms with Gasteiger partial charge in [0.1, 0.15) is 5.92 Å². The molecule has 1 unspecified atom stereocenters. The van der Waals surface area contributed by atoms with Crippen LogP contribution >= 0.6 is 12.2 Å². The number of likely N-dealkylation sites (N-methyl/N-ethyl adjacent to an activating group) is 1. The Balaban J connectivity index is 2.92. The number of nitrogens with one attached hydrogen (secondary N) is 2. The maximum Gasteiger partial charge on any atom is 0.236 e. The van der Waals surface area contributed by atoms with Gasteiger partial charge in [-0.2, -0.15) is 0 Å². The first-order valence-electron chi connectivity index (χ1n) is 5.21. The maximum atomic E-state index is 12.0. The van der Waals surface area contributed by atoms with E-state index in [1.54, 1.807) is 31.5 Å². The van der Waals surface area contributed by atoms with E-state index in [1.165, 1.54) is 0 Å². The Morgan fingerprint density at radius 3 is 2.94 bits per heavy atom. The number of carbonyl (C=O) groups excluding carboxylic acids is 1. The summed E-state index contributed by atoms with van der Waals surface area (Å²) in [5, 5.41) is 5.55. The molecule has 0 aliphatic rings. The van der Waals surface area contributed by atoms with Crippen molar-refractivity contribution >= 4 is 23.1 Å². The molecule has 0 aliphatic carbocycles. The fraction of sp³-hybridized carbons (Fsp3) is 0.250. The summed E-state index contributed by atoms with van der Waals surface area (Å²) in [6, 6.07) is 5.40. The second-order valence-electron chi connectivity index (χ2n) is 3.34. The highest BCUT2D eigenvalue weighted by atomic mass is 32.1. The molecule has 4 nitrogen and oxygen atoms in total. The molecule has 0 aliphatic heterocycles. The van der Waals surface area contributed by atoms with Crippen LogP contribution in [0.15, 0.2) is 37.1 Å². The molecule has 0 bridgehead atoms. The summed E-state index contributed by atoms with van der Waals surface area (Å²) in [6.45, 7) is 3.96. The molecular formula is C12H15N3OS. The fourth-order valence-corrected chi connectivity index (χ4v) is 1.58. The summed E-state index contributed by atoms with van der Waals surface area (Å²) in [7, 11) is 1.69. The molecule has 0 saturated carbocycles. The van der Waals surface area contributed by atoms with E-state index < -0.39 is 5.92 Å². The predicted octanol–water partition coefficient (Wildman–Crippen LogP) is 1.01. The molecular weight excluding hydrogens is 234 g/mol. The van der Waals surface area contributed by atoms with Crippen molar-refractivity contribution in [3.63, 3.8) is 0 Å². The number of hydrogen-bond donors (Lipinski definition) is 2. The summed E-state index contributed by atoms with van der Waals surface area (Å²) in [4.78, 5) is 16.6. The summed E-state index contributed by atoms with van der Waals surface area (Å²) >= 11 is 5.15. The van der Waals surface area contributed by atoms with Crippen molar-refractivity contribution in [1.82, 2.24) is 15.6 Å². The number of rotatable bonds is 5. The van der Waals surface area contributed by atoms with Gasteiger partial charge in [0.25, 0.3) is 0 Å². The third-order valence-corrected chi connectivity index (χ3v) is 2.61. The second-order valence-corrected chi connectivity index (χ2v) is 3.78. The number of amides is 1. The fourth-order valence-electron chi connectivity index (χ4n) is 1.35. The summed E-state index contributed by atoms with van der Waals surface area (Å²) in [5.74, 6) is -0.737. The Hall–Kier alpha value is -1.75. The number of nitrogens with zero attached hydrogens (tertiary/aromatic N) is 1. The predicted molar refractivity (Wildman–Crippen MR) is 71.8 cm³/mol. The SMILES string of the molecule is C=CCNC(=O)C(C(=S)NC)c1ccccn1. The summed E-state index contributed by atoms with van der Waals surface area (Å²) in [5.41, 5.74) is 0.633. The van der Waals surface area contributed by atoms with Crippen LogP contribution < -0.4 is 10.6 Å². The van der Waals surface area contributed by atoms with Gasteiger partial charge in [-0.05, 0) is 12.1 Å². The zero-order chi connectivity index (χ0) is 12.7. The van der Waals surface area contributed by atoms with Crippen LogP contribution in [0, 0.1) is 0 Å². The van der Waals surface area contributed by atoms with Gasteiger partial charge in [-0.1, -0.05) is 24.4 Å². The Morgan fingerprint density at radius 2 is 2.41 bits per heavy atom. The Bertz CT molecular complexity index is 405. The lowest BCUT2D eigenvalue weighted by molar-refractivity contribution is -0.120. The molecule has 5 heteroatoms. The van der Waals surface area contributed by atoms with Gasteiger partial charge >= 0.3 is 0 Å². The van der Waals surface area contributed by atoms with E-state index in [2.05, 4.69) is 22.2 Å². The zero-order valence-corrected chi connectivity index (χ0v) is 10.5. The van der Waals surface area contributed by atoms with Crippen molar-refractivity contribution in [2.45, 2.75) is 5.92 Å². The van der Waals surface area contributed by atoms with Crippen molar-refractivity contribution in [2.24, 2.45) is 0 Å². The molecule has 2 N–H and O–H groups in total. The average molecular weight is 249 g/mol. The van der Waals surface area contributed by atoms with Crippen LogP contribution in [0.5, 0.6) is 0 Å². The van der Waals surface area contributed by atoms with Crippen molar-refractivity contribution in [3.8, 4) is 0 Å². The maximum absolute atomic E-state index is 12.0. The average Bonchev–Trinajstić information content (AvgIpc) is 2.37. The number of carbonyl (C=O) groups is 1. The largest absolute Gasteiger partial charge is 0.382 e. The van der Waals surface area contributed by atoms with Crippen molar-refractivity contribution in [3.05, 3.63) is 42.7 Å². The van der Waals surface area contributed by atoms with Crippen molar-refractivity contribution in [2.75, 3.05) is 13.6 Å². The number of aromatic nitrogens is 1. The number of hydrogen-bond acceptors (Lipinski definition) is 3. The molecule has 1 rings (SSSR count). The topological polar surface area (TPSA) is 54.0 Å². The van der Waals surface area contributed by atoms with E-state index in [4.69, 9.17) is 12.2 Å². The van der Waals surface area contributed by atoms with Crippen LogP contribution in [0.4, 0.5) is 0 Å². The Kier molecular flexibility index (Phi) is 5.29. The van der Waals surface area contributed by atoms with Gasteiger partial charge in [0.05, 0.1) is 10.7 Å². The number of pyridine rings is 1. The monoisotopic (exact) mass is 249 g/mol. The van der Waals surface area contributed by atoms with Crippen molar-refractivity contribution < 1.29 is 4.79 Å². The highest BCUT2D eigenvalue weighted by Crippen LogP contribution is 2.14. The molecule has 0 radical (unpaired) electrons. The molecule has 0 aromatic carbocycles. The molecule has 1 aromatic heterocycles. The highest BCUT2D eigenvalue weighted by Gasteiger charge is 2.25.